The predicted octanol–water partition coefficient (Wildman–Crippen LogP) is 4.21. The van der Waals surface area contributed by atoms with Crippen molar-refractivity contribution >= 4 is 0 Å². The van der Waals surface area contributed by atoms with E-state index in [1.54, 1.807) is 7.11 Å². The largest absolute Gasteiger partial charge is 0.497 e. The van der Waals surface area contributed by atoms with Crippen LogP contribution in [0.15, 0.2) is 36.4 Å². The summed E-state index contributed by atoms with van der Waals surface area (Å²) in [6.07, 6.45) is 0.983. The van der Waals surface area contributed by atoms with Crippen LogP contribution in [0.4, 0.5) is 0 Å². The van der Waals surface area contributed by atoms with Gasteiger partial charge in [-0.3, -0.25) is 0 Å². The normalized spacial score (nSPS) is 10.4. The van der Waals surface area contributed by atoms with Gasteiger partial charge in [0, 0.05) is 0 Å². The molecule has 0 bridgehead atoms. The third-order valence-electron chi connectivity index (χ3n) is 3.51. The number of hydrogen-bond donors (Lipinski definition) is 0. The third-order valence-corrected chi connectivity index (χ3v) is 3.51. The standard InChI is InChI=1S/C17H20O/c1-12-9-14(3)16(10-13(12)2)11-15-5-7-17(18-4)8-6-15/h5-10H,11H2,1-4H3. The molecule has 0 radical (unpaired) electrons. The highest BCUT2D eigenvalue weighted by Crippen LogP contribution is 2.20. The highest BCUT2D eigenvalue weighted by atomic mass is 16.5. The fourth-order valence-electron chi connectivity index (χ4n) is 2.17. The molecule has 0 saturated carbocycles. The van der Waals surface area contributed by atoms with Gasteiger partial charge in [-0.25, -0.2) is 0 Å². The molecule has 2 rings (SSSR count). The van der Waals surface area contributed by atoms with Gasteiger partial charge in [-0.05, 0) is 67.1 Å². The lowest BCUT2D eigenvalue weighted by Gasteiger charge is -2.10. The molecule has 0 heterocycles. The maximum absolute atomic E-state index is 5.18. The Morgan fingerprint density at radius 2 is 1.44 bits per heavy atom. The van der Waals surface area contributed by atoms with Crippen molar-refractivity contribution in [1.29, 1.82) is 0 Å². The van der Waals surface area contributed by atoms with E-state index < -0.39 is 0 Å². The SMILES string of the molecule is COc1ccc(Cc2cc(C)c(C)cc2C)cc1. The topological polar surface area (TPSA) is 9.23 Å². The maximum atomic E-state index is 5.18. The second-order valence-corrected chi connectivity index (χ2v) is 4.89. The van der Waals surface area contributed by atoms with E-state index in [0.29, 0.717) is 0 Å². The van der Waals surface area contributed by atoms with E-state index in [4.69, 9.17) is 4.74 Å². The Kier molecular flexibility index (Phi) is 3.71. The van der Waals surface area contributed by atoms with Gasteiger partial charge in [-0.2, -0.15) is 0 Å². The van der Waals surface area contributed by atoms with E-state index in [0.717, 1.165) is 12.2 Å². The Labute approximate surface area is 109 Å². The van der Waals surface area contributed by atoms with Crippen LogP contribution in [0.25, 0.3) is 0 Å². The fraction of sp³-hybridized carbons (Fsp3) is 0.294. The molecule has 2 aromatic rings. The molecule has 0 atom stereocenters. The van der Waals surface area contributed by atoms with Gasteiger partial charge in [0.1, 0.15) is 5.75 Å². The van der Waals surface area contributed by atoms with Crippen LogP contribution < -0.4 is 4.74 Å². The van der Waals surface area contributed by atoms with E-state index in [1.807, 2.05) is 12.1 Å². The van der Waals surface area contributed by atoms with Crippen LogP contribution >= 0.6 is 0 Å². The zero-order chi connectivity index (χ0) is 13.1. The highest BCUT2D eigenvalue weighted by molar-refractivity contribution is 5.40. The van der Waals surface area contributed by atoms with Crippen LogP contribution in [0.1, 0.15) is 27.8 Å². The zero-order valence-corrected chi connectivity index (χ0v) is 11.6. The Morgan fingerprint density at radius 3 is 2.06 bits per heavy atom. The second-order valence-electron chi connectivity index (χ2n) is 4.89. The van der Waals surface area contributed by atoms with E-state index >= 15 is 0 Å². The molecular formula is C17H20O. The Bertz CT molecular complexity index is 538. The Hall–Kier alpha value is -1.76. The van der Waals surface area contributed by atoms with E-state index in [2.05, 4.69) is 45.0 Å². The molecule has 0 aliphatic rings. The first-order valence-corrected chi connectivity index (χ1v) is 6.30. The van der Waals surface area contributed by atoms with Crippen molar-refractivity contribution in [2.75, 3.05) is 7.11 Å². The summed E-state index contributed by atoms with van der Waals surface area (Å²) in [5.41, 5.74) is 6.83. The van der Waals surface area contributed by atoms with Crippen LogP contribution in [-0.2, 0) is 6.42 Å². The van der Waals surface area contributed by atoms with Crippen molar-refractivity contribution in [3.8, 4) is 5.75 Å². The fourth-order valence-corrected chi connectivity index (χ4v) is 2.17. The van der Waals surface area contributed by atoms with Gasteiger partial charge < -0.3 is 4.74 Å². The van der Waals surface area contributed by atoms with Crippen molar-refractivity contribution < 1.29 is 4.74 Å². The van der Waals surface area contributed by atoms with Crippen LogP contribution in [0.5, 0.6) is 5.75 Å². The summed E-state index contributed by atoms with van der Waals surface area (Å²) < 4.78 is 5.18. The van der Waals surface area contributed by atoms with Crippen molar-refractivity contribution in [2.45, 2.75) is 27.2 Å². The molecule has 1 heteroatoms. The van der Waals surface area contributed by atoms with Gasteiger partial charge in [-0.1, -0.05) is 24.3 Å². The van der Waals surface area contributed by atoms with Crippen LogP contribution in [0.2, 0.25) is 0 Å². The second kappa shape index (κ2) is 5.26. The number of ether oxygens (including phenoxy) is 1. The van der Waals surface area contributed by atoms with Gasteiger partial charge in [-0.15, -0.1) is 0 Å². The Balaban J connectivity index is 2.25. The number of methoxy groups -OCH3 is 1. The third kappa shape index (κ3) is 2.73. The smallest absolute Gasteiger partial charge is 0.118 e. The average molecular weight is 240 g/mol. The van der Waals surface area contributed by atoms with E-state index in [-0.39, 0.29) is 0 Å². The molecule has 0 saturated heterocycles. The highest BCUT2D eigenvalue weighted by Gasteiger charge is 2.03. The van der Waals surface area contributed by atoms with Gasteiger partial charge >= 0.3 is 0 Å². The number of hydrogen-bond acceptors (Lipinski definition) is 1. The molecule has 0 N–H and O–H groups in total. The summed E-state index contributed by atoms with van der Waals surface area (Å²) in [7, 11) is 1.70. The number of aryl methyl sites for hydroxylation is 3. The average Bonchev–Trinajstić information content (AvgIpc) is 2.37. The lowest BCUT2D eigenvalue weighted by atomic mass is 9.96. The van der Waals surface area contributed by atoms with Gasteiger partial charge in [0.25, 0.3) is 0 Å². The van der Waals surface area contributed by atoms with Crippen LogP contribution in [0.3, 0.4) is 0 Å². The number of rotatable bonds is 3. The van der Waals surface area contributed by atoms with Crippen LogP contribution in [-0.4, -0.2) is 7.11 Å². The summed E-state index contributed by atoms with van der Waals surface area (Å²) in [5, 5.41) is 0. The van der Waals surface area contributed by atoms with Crippen LogP contribution in [0, 0.1) is 20.8 Å². The number of benzene rings is 2. The monoisotopic (exact) mass is 240 g/mol. The molecule has 0 aromatic heterocycles. The van der Waals surface area contributed by atoms with Gasteiger partial charge in [0.15, 0.2) is 0 Å². The zero-order valence-electron chi connectivity index (χ0n) is 11.6. The molecular weight excluding hydrogens is 220 g/mol. The lowest BCUT2D eigenvalue weighted by Crippen LogP contribution is -1.95. The first kappa shape index (κ1) is 12.7. The molecule has 2 aromatic carbocycles. The predicted molar refractivity (Wildman–Crippen MR) is 76.5 cm³/mol. The summed E-state index contributed by atoms with van der Waals surface area (Å²) in [6.45, 7) is 6.52. The molecule has 0 fully saturated rings. The van der Waals surface area contributed by atoms with Crippen molar-refractivity contribution in [1.82, 2.24) is 0 Å². The van der Waals surface area contributed by atoms with Crippen molar-refractivity contribution in [3.63, 3.8) is 0 Å². The molecule has 0 aliphatic carbocycles. The van der Waals surface area contributed by atoms with E-state index in [9.17, 15) is 0 Å². The first-order chi connectivity index (χ1) is 8.60. The molecule has 0 unspecified atom stereocenters. The van der Waals surface area contributed by atoms with Crippen molar-refractivity contribution in [3.05, 3.63) is 64.2 Å². The molecule has 0 aliphatic heterocycles. The molecule has 94 valence electrons. The van der Waals surface area contributed by atoms with Gasteiger partial charge in [0.2, 0.25) is 0 Å². The minimum Gasteiger partial charge on any atom is -0.497 e. The minimum absolute atomic E-state index is 0.913. The minimum atomic E-state index is 0.913. The summed E-state index contributed by atoms with van der Waals surface area (Å²) in [4.78, 5) is 0. The first-order valence-electron chi connectivity index (χ1n) is 6.30. The molecule has 0 amide bonds. The summed E-state index contributed by atoms with van der Waals surface area (Å²) >= 11 is 0. The van der Waals surface area contributed by atoms with Crippen molar-refractivity contribution in [2.24, 2.45) is 0 Å². The molecule has 1 nitrogen and oxygen atoms in total. The lowest BCUT2D eigenvalue weighted by molar-refractivity contribution is 0.414. The van der Waals surface area contributed by atoms with Gasteiger partial charge in [0.05, 0.1) is 7.11 Å². The quantitative estimate of drug-likeness (QED) is 0.781. The molecule has 0 spiro atoms. The summed E-state index contributed by atoms with van der Waals surface area (Å²) in [6, 6.07) is 12.9. The summed E-state index contributed by atoms with van der Waals surface area (Å²) in [5.74, 6) is 0.913. The Morgan fingerprint density at radius 1 is 0.833 bits per heavy atom. The maximum Gasteiger partial charge on any atom is 0.118 e. The molecule has 18 heavy (non-hydrogen) atoms. The van der Waals surface area contributed by atoms with E-state index in [1.165, 1.54) is 27.8 Å².